The smallest absolute Gasteiger partial charge is 0.235 e. The fourth-order valence-corrected chi connectivity index (χ4v) is 4.98. The van der Waals surface area contributed by atoms with E-state index in [1.165, 1.54) is 12.8 Å². The Kier molecular flexibility index (Phi) is 6.59. The average Bonchev–Trinajstić information content (AvgIpc) is 2.90. The highest BCUT2D eigenvalue weighted by atomic mass is 16.5. The monoisotopic (exact) mass is 456 g/mol. The maximum Gasteiger partial charge on any atom is 0.235 e. The summed E-state index contributed by atoms with van der Waals surface area (Å²) in [5.41, 5.74) is 3.07. The summed E-state index contributed by atoms with van der Waals surface area (Å²) >= 11 is 0. The van der Waals surface area contributed by atoms with E-state index >= 15 is 0 Å². The van der Waals surface area contributed by atoms with Crippen molar-refractivity contribution < 1.29 is 9.53 Å². The van der Waals surface area contributed by atoms with Crippen LogP contribution in [0.2, 0.25) is 0 Å². The summed E-state index contributed by atoms with van der Waals surface area (Å²) in [6.07, 6.45) is 3.77. The molecule has 0 spiro atoms. The highest BCUT2D eigenvalue weighted by molar-refractivity contribution is 5.99. The van der Waals surface area contributed by atoms with Crippen LogP contribution in [-0.4, -0.2) is 42.4 Å². The summed E-state index contributed by atoms with van der Waals surface area (Å²) in [5, 5.41) is 12.1. The Morgan fingerprint density at radius 2 is 1.65 bits per heavy atom. The van der Waals surface area contributed by atoms with E-state index < -0.39 is 5.41 Å². The number of amides is 1. The zero-order valence-electron chi connectivity index (χ0n) is 19.7. The lowest BCUT2D eigenvalue weighted by molar-refractivity contribution is -0.125. The second-order valence-corrected chi connectivity index (χ2v) is 9.54. The molecule has 0 unspecified atom stereocenters. The third-order valence-corrected chi connectivity index (χ3v) is 7.30. The van der Waals surface area contributed by atoms with Crippen molar-refractivity contribution in [3.05, 3.63) is 72.3 Å². The third kappa shape index (κ3) is 4.68. The first-order chi connectivity index (χ1) is 16.6. The van der Waals surface area contributed by atoms with Crippen molar-refractivity contribution in [3.8, 4) is 11.3 Å². The molecule has 2 aliphatic heterocycles. The van der Waals surface area contributed by atoms with E-state index in [0.29, 0.717) is 26.1 Å². The first-order valence-electron chi connectivity index (χ1n) is 12.3. The molecule has 1 N–H and O–H groups in total. The molecular weight excluding hydrogens is 424 g/mol. The van der Waals surface area contributed by atoms with E-state index in [1.54, 1.807) is 0 Å². The highest BCUT2D eigenvalue weighted by Crippen LogP contribution is 2.36. The average molecular weight is 457 g/mol. The quantitative estimate of drug-likeness (QED) is 0.581. The minimum absolute atomic E-state index is 0.0229. The van der Waals surface area contributed by atoms with Gasteiger partial charge in [-0.3, -0.25) is 4.79 Å². The van der Waals surface area contributed by atoms with Gasteiger partial charge in [-0.1, -0.05) is 49.4 Å². The Bertz CT molecular complexity index is 1090. The molecule has 1 aromatic heterocycles. The Morgan fingerprint density at radius 3 is 2.29 bits per heavy atom. The number of benzene rings is 2. The molecule has 3 heterocycles. The van der Waals surface area contributed by atoms with Gasteiger partial charge in [0.2, 0.25) is 5.91 Å². The summed E-state index contributed by atoms with van der Waals surface area (Å²) in [7, 11) is 0. The zero-order valence-corrected chi connectivity index (χ0v) is 19.7. The van der Waals surface area contributed by atoms with E-state index in [4.69, 9.17) is 4.74 Å². The molecular formula is C28H32N4O2. The SMILES string of the molecule is CC1CCN(c2ccc(-c3ccc(NC(=O)C4(c5ccccc5)CCOCC4)cc3)nn2)CC1. The predicted molar refractivity (Wildman–Crippen MR) is 135 cm³/mol. The lowest BCUT2D eigenvalue weighted by Crippen LogP contribution is -2.44. The van der Waals surface area contributed by atoms with Gasteiger partial charge in [0.15, 0.2) is 5.82 Å². The Morgan fingerprint density at radius 1 is 0.941 bits per heavy atom. The van der Waals surface area contributed by atoms with Crippen molar-refractivity contribution in [3.63, 3.8) is 0 Å². The largest absolute Gasteiger partial charge is 0.381 e. The Balaban J connectivity index is 1.28. The number of hydrogen-bond acceptors (Lipinski definition) is 5. The zero-order chi connectivity index (χ0) is 23.4. The molecule has 34 heavy (non-hydrogen) atoms. The van der Waals surface area contributed by atoms with Gasteiger partial charge >= 0.3 is 0 Å². The Hall–Kier alpha value is -3.25. The molecule has 1 amide bonds. The first kappa shape index (κ1) is 22.5. The molecule has 2 aromatic carbocycles. The minimum Gasteiger partial charge on any atom is -0.381 e. The lowest BCUT2D eigenvalue weighted by atomic mass is 9.73. The predicted octanol–water partition coefficient (Wildman–Crippen LogP) is 5.07. The summed E-state index contributed by atoms with van der Waals surface area (Å²) < 4.78 is 5.57. The van der Waals surface area contributed by atoms with E-state index in [-0.39, 0.29) is 5.91 Å². The molecule has 0 atom stereocenters. The summed E-state index contributed by atoms with van der Waals surface area (Å²) in [4.78, 5) is 15.8. The second kappa shape index (κ2) is 9.94. The number of piperidine rings is 1. The van der Waals surface area contributed by atoms with Crippen LogP contribution < -0.4 is 10.2 Å². The van der Waals surface area contributed by atoms with Crippen molar-refractivity contribution in [1.82, 2.24) is 10.2 Å². The number of nitrogens with one attached hydrogen (secondary N) is 1. The number of hydrogen-bond donors (Lipinski definition) is 1. The highest BCUT2D eigenvalue weighted by Gasteiger charge is 2.41. The molecule has 176 valence electrons. The van der Waals surface area contributed by atoms with Crippen molar-refractivity contribution in [2.45, 2.75) is 38.0 Å². The third-order valence-electron chi connectivity index (χ3n) is 7.30. The first-order valence-corrected chi connectivity index (χ1v) is 12.3. The lowest BCUT2D eigenvalue weighted by Gasteiger charge is -2.36. The molecule has 5 rings (SSSR count). The summed E-state index contributed by atoms with van der Waals surface area (Å²) in [6.45, 7) is 5.57. The van der Waals surface area contributed by atoms with Gasteiger partial charge < -0.3 is 15.0 Å². The van der Waals surface area contributed by atoms with Crippen LogP contribution in [0, 0.1) is 5.92 Å². The minimum atomic E-state index is -0.564. The van der Waals surface area contributed by atoms with E-state index in [9.17, 15) is 4.79 Å². The van der Waals surface area contributed by atoms with Crippen LogP contribution in [0.5, 0.6) is 0 Å². The van der Waals surface area contributed by atoms with Crippen LogP contribution in [0.3, 0.4) is 0 Å². The molecule has 2 saturated heterocycles. The maximum absolute atomic E-state index is 13.5. The summed E-state index contributed by atoms with van der Waals surface area (Å²) in [5.74, 6) is 1.76. The van der Waals surface area contributed by atoms with Crippen molar-refractivity contribution in [2.24, 2.45) is 5.92 Å². The molecule has 6 heteroatoms. The van der Waals surface area contributed by atoms with Gasteiger partial charge in [-0.15, -0.1) is 10.2 Å². The molecule has 2 fully saturated rings. The van der Waals surface area contributed by atoms with Gasteiger partial charge in [0, 0.05) is 37.6 Å². The molecule has 0 saturated carbocycles. The molecule has 2 aliphatic rings. The standard InChI is InChI=1S/C28H32N4O2/c1-21-13-17-32(18-14-21)26-12-11-25(30-31-26)22-7-9-24(10-8-22)29-27(33)28(15-19-34-20-16-28)23-5-3-2-4-6-23/h2-12,21H,13-20H2,1H3,(H,29,33). The summed E-state index contributed by atoms with van der Waals surface area (Å²) in [6, 6.07) is 22.0. The maximum atomic E-state index is 13.5. The number of ether oxygens (including phenoxy) is 1. The van der Waals surface area contributed by atoms with Gasteiger partial charge in [-0.2, -0.15) is 0 Å². The van der Waals surface area contributed by atoms with Crippen LogP contribution in [-0.2, 0) is 14.9 Å². The topological polar surface area (TPSA) is 67.4 Å². The van der Waals surface area contributed by atoms with E-state index in [0.717, 1.165) is 47.3 Å². The van der Waals surface area contributed by atoms with Gasteiger partial charge in [0.25, 0.3) is 0 Å². The van der Waals surface area contributed by atoms with Gasteiger partial charge in [-0.25, -0.2) is 0 Å². The van der Waals surface area contributed by atoms with Crippen molar-refractivity contribution in [1.29, 1.82) is 0 Å². The van der Waals surface area contributed by atoms with Crippen LogP contribution in [0.1, 0.15) is 38.2 Å². The second-order valence-electron chi connectivity index (χ2n) is 9.54. The number of anilines is 2. The molecule has 0 aliphatic carbocycles. The number of nitrogens with zero attached hydrogens (tertiary/aromatic N) is 3. The fourth-order valence-electron chi connectivity index (χ4n) is 4.98. The van der Waals surface area contributed by atoms with Crippen LogP contribution >= 0.6 is 0 Å². The van der Waals surface area contributed by atoms with Crippen LogP contribution in [0.25, 0.3) is 11.3 Å². The molecule has 6 nitrogen and oxygen atoms in total. The number of carbonyl (C=O) groups excluding carboxylic acids is 1. The normalized spacial score (nSPS) is 18.4. The van der Waals surface area contributed by atoms with E-state index in [1.807, 2.05) is 60.7 Å². The van der Waals surface area contributed by atoms with Crippen molar-refractivity contribution >= 4 is 17.4 Å². The molecule has 0 radical (unpaired) electrons. The van der Waals surface area contributed by atoms with Gasteiger partial charge in [-0.05, 0) is 61.4 Å². The van der Waals surface area contributed by atoms with Crippen LogP contribution in [0.15, 0.2) is 66.7 Å². The van der Waals surface area contributed by atoms with Gasteiger partial charge in [0.05, 0.1) is 11.1 Å². The fraction of sp³-hybridized carbons (Fsp3) is 0.393. The molecule has 0 bridgehead atoms. The van der Waals surface area contributed by atoms with Crippen LogP contribution in [0.4, 0.5) is 11.5 Å². The van der Waals surface area contributed by atoms with E-state index in [2.05, 4.69) is 33.4 Å². The number of carbonyl (C=O) groups is 1. The Labute approximate surface area is 201 Å². The number of aromatic nitrogens is 2. The van der Waals surface area contributed by atoms with Gasteiger partial charge in [0.1, 0.15) is 0 Å². The van der Waals surface area contributed by atoms with Crippen molar-refractivity contribution in [2.75, 3.05) is 36.5 Å². The number of rotatable bonds is 5. The molecule has 3 aromatic rings.